The predicted molar refractivity (Wildman–Crippen MR) is 221 cm³/mol. The summed E-state index contributed by atoms with van der Waals surface area (Å²) < 4.78 is 39.5. The average molecular weight is 914 g/mol. The first-order valence-electron chi connectivity index (χ1n) is 19.9. The van der Waals surface area contributed by atoms with E-state index in [1.54, 1.807) is 55.5 Å². The number of amides is 2. The number of alkyl halides is 1. The van der Waals surface area contributed by atoms with Gasteiger partial charge in [0, 0.05) is 12.1 Å². The largest absolute Gasteiger partial charge is 0.507 e. The summed E-state index contributed by atoms with van der Waals surface area (Å²) in [6, 6.07) is -1.63. The van der Waals surface area contributed by atoms with E-state index in [2.05, 4.69) is 0 Å². The van der Waals surface area contributed by atoms with Crippen LogP contribution in [0.1, 0.15) is 26.7 Å². The molecule has 20 heteroatoms. The first-order valence-corrected chi connectivity index (χ1v) is 20.7. The molecule has 0 bridgehead atoms. The summed E-state index contributed by atoms with van der Waals surface area (Å²) >= 11 is 12.5. The molecule has 0 aromatic carbocycles. The lowest BCUT2D eigenvalue weighted by Gasteiger charge is -2.46. The topological polar surface area (TPSA) is 266 Å². The molecule has 18 nitrogen and oxygen atoms in total. The summed E-state index contributed by atoms with van der Waals surface area (Å²) in [5.74, 6) is -3.84. The van der Waals surface area contributed by atoms with Crippen LogP contribution in [0.4, 0.5) is 0 Å². The van der Waals surface area contributed by atoms with Gasteiger partial charge in [-0.25, -0.2) is 0 Å². The first-order chi connectivity index (χ1) is 29.5. The second-order valence-corrected chi connectivity index (χ2v) is 16.1. The van der Waals surface area contributed by atoms with Crippen molar-refractivity contribution in [3.8, 4) is 0 Å². The van der Waals surface area contributed by atoms with Gasteiger partial charge < -0.3 is 69.5 Å². The Labute approximate surface area is 368 Å². The first kappa shape index (κ1) is 49.4. The van der Waals surface area contributed by atoms with Crippen molar-refractivity contribution >= 4 is 40.8 Å². The maximum absolute atomic E-state index is 13.9. The minimum absolute atomic E-state index is 0.0647. The molecule has 0 saturated carbocycles. The van der Waals surface area contributed by atoms with E-state index in [1.807, 2.05) is 19.1 Å². The number of allylic oxidation sites excluding steroid dienone is 13. The molecule has 5 saturated heterocycles. The molecule has 5 fully saturated rings. The summed E-state index contributed by atoms with van der Waals surface area (Å²) in [6.45, 7) is 2.61. The van der Waals surface area contributed by atoms with E-state index in [-0.39, 0.29) is 17.6 Å². The Morgan fingerprint density at radius 3 is 2.18 bits per heavy atom. The number of carbonyl (C=O) groups excluding carboxylic acids is 3. The Bertz CT molecular complexity index is 1830. The van der Waals surface area contributed by atoms with Crippen molar-refractivity contribution in [2.75, 3.05) is 20.3 Å². The third kappa shape index (κ3) is 12.2. The van der Waals surface area contributed by atoms with Crippen molar-refractivity contribution in [3.05, 3.63) is 95.4 Å². The van der Waals surface area contributed by atoms with Crippen molar-refractivity contribution in [2.24, 2.45) is 5.73 Å². The number of aliphatic hydroxyl groups excluding tert-OH is 6. The van der Waals surface area contributed by atoms with Crippen LogP contribution in [-0.2, 0) is 47.5 Å². The number of aliphatic hydroxyl groups is 6. The van der Waals surface area contributed by atoms with Gasteiger partial charge in [0.15, 0.2) is 24.6 Å². The number of carbonyl (C=O) groups is 3. The highest BCUT2D eigenvalue weighted by molar-refractivity contribution is 6.31. The molecule has 0 aromatic rings. The molecular formula is C42H54Cl2N2O16. The standard InChI is InChI=1S/C42H54Cl2N2O16/c1-21-17-24(44)28(59-21)16-12-11-14-23(43)13-9-7-5-4-6-8-10-15-26(47)31-33(51)25(18-30(45)49)46(39(31)55)40-37(34(52)27(48)19-57-40)62-41-36(54)35(53)29(20-58-41)61-42-38(56-3)32(50)22(2)60-42/h4-16,21-22,24-25,27-29,32,34-38,40-42,47-48,50,52-54H,17-20H2,1-3H3,(H2,45,49)/b5-4+,8-6+,9-7+,14-11+,15-10+,16-12-,23-13-,31-26-/t21-,22-,24+,25+,27?,28?,29?,32-,34?,35?,36?,37?,38+,40?,41?,42?/m1/s1. The lowest BCUT2D eigenvalue weighted by molar-refractivity contribution is -0.338. The van der Waals surface area contributed by atoms with Crippen LogP contribution in [-0.4, -0.2) is 171 Å². The Hall–Kier alpha value is -3.57. The highest BCUT2D eigenvalue weighted by Gasteiger charge is 2.56. The lowest BCUT2D eigenvalue weighted by atomic mass is 10.0. The van der Waals surface area contributed by atoms with Gasteiger partial charge in [0.2, 0.25) is 5.91 Å². The zero-order chi connectivity index (χ0) is 45.2. The molecule has 0 radical (unpaired) electrons. The monoisotopic (exact) mass is 912 g/mol. The number of halogens is 2. The summed E-state index contributed by atoms with van der Waals surface area (Å²) in [7, 11) is 1.34. The number of ether oxygens (including phenoxy) is 7. The van der Waals surface area contributed by atoms with Gasteiger partial charge in [-0.05, 0) is 38.5 Å². The summed E-state index contributed by atoms with van der Waals surface area (Å²) in [4.78, 5) is 40.4. The van der Waals surface area contributed by atoms with Gasteiger partial charge in [-0.3, -0.25) is 19.3 Å². The second-order valence-electron chi connectivity index (χ2n) is 15.1. The fourth-order valence-electron chi connectivity index (χ4n) is 7.34. The third-order valence-electron chi connectivity index (χ3n) is 10.6. The van der Waals surface area contributed by atoms with Gasteiger partial charge in [0.1, 0.15) is 66.2 Å². The van der Waals surface area contributed by atoms with Crippen LogP contribution in [0.5, 0.6) is 0 Å². The number of Topliss-reactive ketones (excluding diaryl/α,β-unsaturated/α-hetero) is 1. The minimum Gasteiger partial charge on any atom is -0.507 e. The summed E-state index contributed by atoms with van der Waals surface area (Å²) in [5.41, 5.74) is 4.72. The molecule has 0 aromatic heterocycles. The van der Waals surface area contributed by atoms with Crippen LogP contribution in [0.3, 0.4) is 0 Å². The van der Waals surface area contributed by atoms with Crippen molar-refractivity contribution in [2.45, 2.75) is 124 Å². The van der Waals surface area contributed by atoms with E-state index in [0.717, 1.165) is 17.4 Å². The molecule has 10 unspecified atom stereocenters. The van der Waals surface area contributed by atoms with Crippen LogP contribution in [0.2, 0.25) is 0 Å². The summed E-state index contributed by atoms with van der Waals surface area (Å²) in [6.07, 6.45) is 4.23. The van der Waals surface area contributed by atoms with E-state index in [4.69, 9.17) is 62.1 Å². The van der Waals surface area contributed by atoms with E-state index in [9.17, 15) is 45.0 Å². The zero-order valence-corrected chi connectivity index (χ0v) is 35.6. The second kappa shape index (κ2) is 22.9. The SMILES string of the molecule is CO[C@@H]1C(OC2COC(OC3C(O)C(O)COC3N3C(=O)/C(=C(O)/C=C/C=C/C=C/C=C/C=C(Cl)/C=C/C=C\C4O[C@H](C)C[C@@H]4Cl)C(=O)[C@@H]3CC(N)=O)C(O)C2O)O[C@H](C)[C@H]1O. The maximum Gasteiger partial charge on any atom is 0.264 e. The normalized spacial score (nSPS) is 39.7. The number of likely N-dealkylation sites (tertiary alicyclic amines) is 1. The van der Waals surface area contributed by atoms with Crippen LogP contribution in [0.15, 0.2) is 95.4 Å². The van der Waals surface area contributed by atoms with E-state index >= 15 is 0 Å². The highest BCUT2D eigenvalue weighted by atomic mass is 35.5. The number of ketones is 1. The van der Waals surface area contributed by atoms with E-state index in [1.165, 1.54) is 19.3 Å². The molecule has 8 N–H and O–H groups in total. The van der Waals surface area contributed by atoms with E-state index < -0.39 is 128 Å². The molecule has 5 aliphatic rings. The Balaban J connectivity index is 1.22. The number of nitrogens with zero attached hydrogens (tertiary/aromatic N) is 1. The van der Waals surface area contributed by atoms with E-state index in [0.29, 0.717) is 5.03 Å². The molecule has 5 rings (SSSR count). The van der Waals surface area contributed by atoms with Gasteiger partial charge in [0.25, 0.3) is 5.91 Å². The zero-order valence-electron chi connectivity index (χ0n) is 34.1. The van der Waals surface area contributed by atoms with Gasteiger partial charge in [0.05, 0.1) is 43.3 Å². The number of hydrogen-bond acceptors (Lipinski definition) is 16. The van der Waals surface area contributed by atoms with Gasteiger partial charge in [-0.1, -0.05) is 72.4 Å². The highest BCUT2D eigenvalue weighted by Crippen LogP contribution is 2.35. The van der Waals surface area contributed by atoms with Crippen LogP contribution < -0.4 is 5.73 Å². The van der Waals surface area contributed by atoms with Crippen LogP contribution >= 0.6 is 23.2 Å². The molecule has 0 spiro atoms. The van der Waals surface area contributed by atoms with Crippen LogP contribution in [0.25, 0.3) is 0 Å². The number of methoxy groups -OCH3 is 1. The van der Waals surface area contributed by atoms with Crippen LogP contribution in [0, 0.1) is 0 Å². The van der Waals surface area contributed by atoms with Gasteiger partial charge in [-0.15, -0.1) is 11.6 Å². The number of rotatable bonds is 16. The molecule has 16 atom stereocenters. The smallest absolute Gasteiger partial charge is 0.264 e. The van der Waals surface area contributed by atoms with Crippen molar-refractivity contribution in [3.63, 3.8) is 0 Å². The Morgan fingerprint density at radius 1 is 0.839 bits per heavy atom. The molecule has 62 heavy (non-hydrogen) atoms. The van der Waals surface area contributed by atoms with Gasteiger partial charge >= 0.3 is 0 Å². The Morgan fingerprint density at radius 2 is 1.52 bits per heavy atom. The maximum atomic E-state index is 13.9. The summed E-state index contributed by atoms with van der Waals surface area (Å²) in [5, 5.41) is 65.2. The van der Waals surface area contributed by atoms with Crippen molar-refractivity contribution in [1.82, 2.24) is 4.90 Å². The molecule has 0 aliphatic carbocycles. The average Bonchev–Trinajstić information content (AvgIpc) is 3.79. The quantitative estimate of drug-likeness (QED) is 0.0370. The molecular weight excluding hydrogens is 859 g/mol. The predicted octanol–water partition coefficient (Wildman–Crippen LogP) is 0.746. The number of hydrogen-bond donors (Lipinski definition) is 7. The number of nitrogens with two attached hydrogens (primary N) is 1. The minimum atomic E-state index is -1.86. The molecule has 342 valence electrons. The third-order valence-corrected chi connectivity index (χ3v) is 11.3. The fraction of sp³-hybridized carbons (Fsp3) is 0.548. The van der Waals surface area contributed by atoms with Crippen molar-refractivity contribution < 1.29 is 78.2 Å². The van der Waals surface area contributed by atoms with Crippen molar-refractivity contribution in [1.29, 1.82) is 0 Å². The number of primary amides is 1. The van der Waals surface area contributed by atoms with Gasteiger partial charge in [-0.2, -0.15) is 0 Å². The molecule has 5 aliphatic heterocycles. The fourth-order valence-corrected chi connectivity index (χ4v) is 7.88. The molecule has 5 heterocycles. The molecule has 2 amide bonds. The lowest BCUT2D eigenvalue weighted by Crippen LogP contribution is -2.65. The Kier molecular flexibility index (Phi) is 18.2.